The van der Waals surface area contributed by atoms with Gasteiger partial charge in [-0.1, -0.05) is 0 Å². The van der Waals surface area contributed by atoms with Gasteiger partial charge in [0, 0.05) is 12.7 Å². The van der Waals surface area contributed by atoms with Crippen molar-refractivity contribution in [1.82, 2.24) is 10.3 Å². The standard InChI is InChI=1S/C10H14N2OS/c1-8-2-5-12-10(6-8)14(13)9-3-4-11-7-9/h2,5-6,9,11H,3-4,7H2,1H3/t9-,14?/m1/s1. The lowest BCUT2D eigenvalue weighted by Crippen LogP contribution is -2.19. The Labute approximate surface area is 86.4 Å². The molecule has 0 amide bonds. The molecule has 1 aromatic rings. The molecular formula is C10H14N2OS. The second-order valence-corrected chi connectivity index (χ2v) is 5.26. The first-order chi connectivity index (χ1) is 6.77. The first-order valence-corrected chi connectivity index (χ1v) is 6.02. The minimum absolute atomic E-state index is 0.240. The van der Waals surface area contributed by atoms with E-state index < -0.39 is 10.8 Å². The molecule has 1 saturated heterocycles. The quantitative estimate of drug-likeness (QED) is 0.787. The van der Waals surface area contributed by atoms with Crippen LogP contribution in [0.1, 0.15) is 12.0 Å². The molecule has 0 saturated carbocycles. The van der Waals surface area contributed by atoms with Crippen molar-refractivity contribution < 1.29 is 4.21 Å². The van der Waals surface area contributed by atoms with E-state index in [2.05, 4.69) is 10.3 Å². The summed E-state index contributed by atoms with van der Waals surface area (Å²) in [5.41, 5.74) is 1.12. The Hall–Kier alpha value is -0.740. The number of pyridine rings is 1. The first-order valence-electron chi connectivity index (χ1n) is 4.81. The second-order valence-electron chi connectivity index (χ2n) is 3.58. The lowest BCUT2D eigenvalue weighted by atomic mass is 10.3. The smallest absolute Gasteiger partial charge is 0.127 e. The summed E-state index contributed by atoms with van der Waals surface area (Å²) >= 11 is 0. The van der Waals surface area contributed by atoms with Crippen LogP contribution in [0.15, 0.2) is 23.4 Å². The topological polar surface area (TPSA) is 42.0 Å². The van der Waals surface area contributed by atoms with Crippen molar-refractivity contribution >= 4 is 10.8 Å². The maximum absolute atomic E-state index is 12.0. The molecule has 1 N–H and O–H groups in total. The average Bonchev–Trinajstić information content (AvgIpc) is 2.69. The van der Waals surface area contributed by atoms with E-state index in [-0.39, 0.29) is 5.25 Å². The Kier molecular flexibility index (Phi) is 2.93. The highest BCUT2D eigenvalue weighted by molar-refractivity contribution is 7.85. The van der Waals surface area contributed by atoms with Gasteiger partial charge < -0.3 is 5.32 Å². The summed E-state index contributed by atoms with van der Waals surface area (Å²) in [5.74, 6) is 0. The van der Waals surface area contributed by atoms with E-state index in [9.17, 15) is 4.21 Å². The van der Waals surface area contributed by atoms with E-state index in [0.29, 0.717) is 0 Å². The highest BCUT2D eigenvalue weighted by Crippen LogP contribution is 2.14. The maximum Gasteiger partial charge on any atom is 0.127 e. The Morgan fingerprint density at radius 3 is 3.14 bits per heavy atom. The number of rotatable bonds is 2. The fraction of sp³-hybridized carbons (Fsp3) is 0.500. The zero-order valence-corrected chi connectivity index (χ0v) is 9.01. The molecule has 1 aliphatic heterocycles. The largest absolute Gasteiger partial charge is 0.315 e. The third kappa shape index (κ3) is 2.01. The van der Waals surface area contributed by atoms with E-state index in [1.54, 1.807) is 6.20 Å². The number of hydrogen-bond acceptors (Lipinski definition) is 3. The lowest BCUT2D eigenvalue weighted by molar-refractivity contribution is 0.669. The number of aromatic nitrogens is 1. The van der Waals surface area contributed by atoms with Crippen LogP contribution in [-0.2, 0) is 10.8 Å². The summed E-state index contributed by atoms with van der Waals surface area (Å²) in [7, 11) is -0.943. The van der Waals surface area contributed by atoms with Crippen molar-refractivity contribution in [3.63, 3.8) is 0 Å². The van der Waals surface area contributed by atoms with Crippen LogP contribution in [0.5, 0.6) is 0 Å². The van der Waals surface area contributed by atoms with Crippen LogP contribution >= 0.6 is 0 Å². The molecule has 14 heavy (non-hydrogen) atoms. The van der Waals surface area contributed by atoms with Crippen LogP contribution < -0.4 is 5.32 Å². The average molecular weight is 210 g/mol. The zero-order valence-electron chi connectivity index (χ0n) is 8.19. The molecule has 1 aromatic heterocycles. The number of hydrogen-bond donors (Lipinski definition) is 1. The summed E-state index contributed by atoms with van der Waals surface area (Å²) < 4.78 is 12.0. The number of nitrogens with one attached hydrogen (secondary N) is 1. The van der Waals surface area contributed by atoms with Crippen LogP contribution in [-0.4, -0.2) is 27.5 Å². The lowest BCUT2D eigenvalue weighted by Gasteiger charge is -2.07. The fourth-order valence-electron chi connectivity index (χ4n) is 1.60. The van der Waals surface area contributed by atoms with Crippen LogP contribution in [0.2, 0.25) is 0 Å². The minimum atomic E-state index is -0.943. The van der Waals surface area contributed by atoms with Gasteiger partial charge >= 0.3 is 0 Å². The zero-order chi connectivity index (χ0) is 9.97. The molecule has 3 nitrogen and oxygen atoms in total. The first kappa shape index (κ1) is 9.80. The Morgan fingerprint density at radius 1 is 1.64 bits per heavy atom. The van der Waals surface area contributed by atoms with Crippen LogP contribution in [0.3, 0.4) is 0 Å². The number of aryl methyl sites for hydroxylation is 1. The Bertz CT molecular complexity index is 348. The van der Waals surface area contributed by atoms with Gasteiger partial charge in [-0.25, -0.2) is 4.98 Å². The predicted octanol–water partition coefficient (Wildman–Crippen LogP) is 0.860. The molecule has 2 atom stereocenters. The normalized spacial score (nSPS) is 23.6. The summed E-state index contributed by atoms with van der Waals surface area (Å²) in [6.45, 7) is 3.82. The molecule has 0 radical (unpaired) electrons. The van der Waals surface area contributed by atoms with Gasteiger partial charge in [-0.3, -0.25) is 4.21 Å². The fourth-order valence-corrected chi connectivity index (χ4v) is 3.01. The summed E-state index contributed by atoms with van der Waals surface area (Å²) in [6, 6.07) is 3.84. The van der Waals surface area contributed by atoms with Crippen molar-refractivity contribution in [2.75, 3.05) is 13.1 Å². The van der Waals surface area contributed by atoms with E-state index >= 15 is 0 Å². The molecule has 0 bridgehead atoms. The van der Waals surface area contributed by atoms with Crippen LogP contribution in [0, 0.1) is 6.92 Å². The monoisotopic (exact) mass is 210 g/mol. The molecular weight excluding hydrogens is 196 g/mol. The van der Waals surface area contributed by atoms with Crippen molar-refractivity contribution in [3.8, 4) is 0 Å². The third-order valence-electron chi connectivity index (χ3n) is 2.41. The van der Waals surface area contributed by atoms with Gasteiger partial charge in [0.15, 0.2) is 0 Å². The van der Waals surface area contributed by atoms with E-state index in [0.717, 1.165) is 30.1 Å². The van der Waals surface area contributed by atoms with Gasteiger partial charge in [-0.05, 0) is 37.6 Å². The van der Waals surface area contributed by atoms with Gasteiger partial charge in [0.2, 0.25) is 0 Å². The summed E-state index contributed by atoms with van der Waals surface area (Å²) in [5, 5.41) is 4.18. The van der Waals surface area contributed by atoms with Crippen LogP contribution in [0.25, 0.3) is 0 Å². The highest BCUT2D eigenvalue weighted by Gasteiger charge is 2.22. The van der Waals surface area contributed by atoms with Crippen molar-refractivity contribution in [2.45, 2.75) is 23.6 Å². The highest BCUT2D eigenvalue weighted by atomic mass is 32.2. The second kappa shape index (κ2) is 4.19. The Balaban J connectivity index is 2.17. The number of nitrogens with zero attached hydrogens (tertiary/aromatic N) is 1. The molecule has 1 unspecified atom stereocenters. The van der Waals surface area contributed by atoms with Crippen LogP contribution in [0.4, 0.5) is 0 Å². The predicted molar refractivity (Wildman–Crippen MR) is 56.7 cm³/mol. The van der Waals surface area contributed by atoms with E-state index in [4.69, 9.17) is 0 Å². The molecule has 0 spiro atoms. The van der Waals surface area contributed by atoms with Gasteiger partial charge in [0.1, 0.15) is 5.03 Å². The van der Waals surface area contributed by atoms with Gasteiger partial charge in [-0.2, -0.15) is 0 Å². The molecule has 0 aliphatic carbocycles. The molecule has 4 heteroatoms. The molecule has 0 aromatic carbocycles. The van der Waals surface area contributed by atoms with Crippen molar-refractivity contribution in [1.29, 1.82) is 0 Å². The SMILES string of the molecule is Cc1ccnc(S(=O)[C@@H]2CCNC2)c1. The van der Waals surface area contributed by atoms with Gasteiger partial charge in [-0.15, -0.1) is 0 Å². The van der Waals surface area contributed by atoms with Crippen molar-refractivity contribution in [3.05, 3.63) is 23.9 Å². The summed E-state index contributed by atoms with van der Waals surface area (Å²) in [4.78, 5) is 4.16. The molecule has 2 heterocycles. The van der Waals surface area contributed by atoms with E-state index in [1.165, 1.54) is 0 Å². The maximum atomic E-state index is 12.0. The van der Waals surface area contributed by atoms with Gasteiger partial charge in [0.25, 0.3) is 0 Å². The molecule has 2 rings (SSSR count). The van der Waals surface area contributed by atoms with Crippen molar-refractivity contribution in [2.24, 2.45) is 0 Å². The molecule has 76 valence electrons. The molecule has 1 aliphatic rings. The van der Waals surface area contributed by atoms with E-state index in [1.807, 2.05) is 19.1 Å². The minimum Gasteiger partial charge on any atom is -0.315 e. The Morgan fingerprint density at radius 2 is 2.50 bits per heavy atom. The summed E-state index contributed by atoms with van der Waals surface area (Å²) in [6.07, 6.45) is 2.72. The third-order valence-corrected chi connectivity index (χ3v) is 4.06. The van der Waals surface area contributed by atoms with Gasteiger partial charge in [0.05, 0.1) is 16.0 Å². The molecule has 1 fully saturated rings.